The summed E-state index contributed by atoms with van der Waals surface area (Å²) in [6.07, 6.45) is 1.83. The third-order valence-corrected chi connectivity index (χ3v) is 4.02. The molecule has 1 aromatic carbocycles. The van der Waals surface area contributed by atoms with E-state index in [-0.39, 0.29) is 11.9 Å². The second kappa shape index (κ2) is 5.43. The molecule has 0 saturated heterocycles. The van der Waals surface area contributed by atoms with E-state index in [0.717, 1.165) is 18.4 Å². The molecule has 1 heterocycles. The zero-order valence-corrected chi connectivity index (χ0v) is 10.6. The molecule has 3 heteroatoms. The van der Waals surface area contributed by atoms with E-state index in [9.17, 15) is 4.39 Å². The molecule has 0 radical (unpaired) electrons. The fourth-order valence-electron chi connectivity index (χ4n) is 1.79. The van der Waals surface area contributed by atoms with Crippen LogP contribution in [0.15, 0.2) is 36.4 Å². The summed E-state index contributed by atoms with van der Waals surface area (Å²) in [5, 5.41) is 0. The summed E-state index contributed by atoms with van der Waals surface area (Å²) in [5.41, 5.74) is 6.94. The van der Waals surface area contributed by atoms with Crippen LogP contribution >= 0.6 is 11.3 Å². The average molecular weight is 249 g/mol. The number of nitrogens with two attached hydrogens (primary N) is 1. The molecular weight excluding hydrogens is 233 g/mol. The second-order valence-electron chi connectivity index (χ2n) is 4.09. The van der Waals surface area contributed by atoms with Crippen molar-refractivity contribution in [3.8, 4) is 0 Å². The summed E-state index contributed by atoms with van der Waals surface area (Å²) in [4.78, 5) is 2.63. The van der Waals surface area contributed by atoms with Crippen molar-refractivity contribution in [1.29, 1.82) is 0 Å². The van der Waals surface area contributed by atoms with Crippen LogP contribution in [-0.4, -0.2) is 0 Å². The number of hydrogen-bond donors (Lipinski definition) is 1. The lowest BCUT2D eigenvalue weighted by molar-refractivity contribution is 0.619. The maximum absolute atomic E-state index is 13.1. The predicted octanol–water partition coefficient (Wildman–Crippen LogP) is 3.69. The normalized spacial score (nSPS) is 12.6. The highest BCUT2D eigenvalue weighted by molar-refractivity contribution is 7.11. The van der Waals surface area contributed by atoms with Crippen LogP contribution in [0.3, 0.4) is 0 Å². The minimum atomic E-state index is -0.224. The zero-order valence-electron chi connectivity index (χ0n) is 9.82. The Balaban J connectivity index is 2.08. The fraction of sp³-hybridized carbons (Fsp3) is 0.286. The third kappa shape index (κ3) is 3.14. The maximum atomic E-state index is 13.1. The lowest BCUT2D eigenvalue weighted by Crippen LogP contribution is -2.12. The molecule has 2 rings (SSSR count). The van der Waals surface area contributed by atoms with Crippen LogP contribution in [0.2, 0.25) is 0 Å². The molecule has 17 heavy (non-hydrogen) atoms. The van der Waals surface area contributed by atoms with Gasteiger partial charge in [0.15, 0.2) is 0 Å². The second-order valence-corrected chi connectivity index (χ2v) is 5.34. The standard InChI is InChI=1S/C14H16FNS/c1-2-12-6-7-13(17-12)9-14(16)10-4-3-5-11(15)8-10/h3-8,14H,2,9,16H2,1H3. The van der Waals surface area contributed by atoms with Crippen molar-refractivity contribution in [2.45, 2.75) is 25.8 Å². The van der Waals surface area contributed by atoms with Crippen LogP contribution in [-0.2, 0) is 12.8 Å². The van der Waals surface area contributed by atoms with Crippen LogP contribution in [0.1, 0.15) is 28.3 Å². The first-order valence-electron chi connectivity index (χ1n) is 5.77. The van der Waals surface area contributed by atoms with E-state index in [1.165, 1.54) is 21.9 Å². The Kier molecular flexibility index (Phi) is 3.92. The summed E-state index contributed by atoms with van der Waals surface area (Å²) >= 11 is 1.79. The van der Waals surface area contributed by atoms with Crippen molar-refractivity contribution < 1.29 is 4.39 Å². The number of aryl methyl sites for hydroxylation is 1. The molecule has 1 unspecified atom stereocenters. The highest BCUT2D eigenvalue weighted by Crippen LogP contribution is 2.23. The molecule has 0 spiro atoms. The van der Waals surface area contributed by atoms with Crippen LogP contribution in [0.4, 0.5) is 4.39 Å². The first-order valence-corrected chi connectivity index (χ1v) is 6.59. The largest absolute Gasteiger partial charge is 0.324 e. The molecule has 0 amide bonds. The minimum Gasteiger partial charge on any atom is -0.324 e. The number of halogens is 1. The summed E-state index contributed by atoms with van der Waals surface area (Å²) in [7, 11) is 0. The SMILES string of the molecule is CCc1ccc(CC(N)c2cccc(F)c2)s1. The molecule has 0 aliphatic carbocycles. The Hall–Kier alpha value is -1.19. The summed E-state index contributed by atoms with van der Waals surface area (Å²) in [6.45, 7) is 2.14. The number of rotatable bonds is 4. The molecule has 0 fully saturated rings. The van der Waals surface area contributed by atoms with Gasteiger partial charge in [-0.25, -0.2) is 4.39 Å². The molecule has 2 N–H and O–H groups in total. The van der Waals surface area contributed by atoms with E-state index < -0.39 is 0 Å². The molecule has 0 aliphatic heterocycles. The van der Waals surface area contributed by atoms with Gasteiger partial charge in [0, 0.05) is 22.2 Å². The molecular formula is C14H16FNS. The topological polar surface area (TPSA) is 26.0 Å². The van der Waals surface area contributed by atoms with Crippen molar-refractivity contribution in [3.63, 3.8) is 0 Å². The average Bonchev–Trinajstić information content (AvgIpc) is 2.77. The maximum Gasteiger partial charge on any atom is 0.123 e. The molecule has 1 nitrogen and oxygen atoms in total. The number of hydrogen-bond acceptors (Lipinski definition) is 2. The van der Waals surface area contributed by atoms with E-state index >= 15 is 0 Å². The van der Waals surface area contributed by atoms with Crippen molar-refractivity contribution in [1.82, 2.24) is 0 Å². The Morgan fingerprint density at radius 3 is 2.65 bits per heavy atom. The molecule has 90 valence electrons. The van der Waals surface area contributed by atoms with Crippen molar-refractivity contribution in [3.05, 3.63) is 57.5 Å². The van der Waals surface area contributed by atoms with Crippen LogP contribution in [0.5, 0.6) is 0 Å². The highest BCUT2D eigenvalue weighted by Gasteiger charge is 2.09. The van der Waals surface area contributed by atoms with Gasteiger partial charge in [-0.05, 0) is 36.2 Å². The van der Waals surface area contributed by atoms with Gasteiger partial charge in [0.05, 0.1) is 0 Å². The van der Waals surface area contributed by atoms with Gasteiger partial charge in [0.1, 0.15) is 5.82 Å². The van der Waals surface area contributed by atoms with Gasteiger partial charge in [-0.2, -0.15) is 0 Å². The Bertz CT molecular complexity index is 492. The van der Waals surface area contributed by atoms with E-state index in [2.05, 4.69) is 19.1 Å². The quantitative estimate of drug-likeness (QED) is 0.878. The van der Waals surface area contributed by atoms with Crippen LogP contribution in [0, 0.1) is 5.82 Å². The van der Waals surface area contributed by atoms with Crippen LogP contribution < -0.4 is 5.73 Å². The number of benzene rings is 1. The van der Waals surface area contributed by atoms with E-state index in [0.29, 0.717) is 0 Å². The van der Waals surface area contributed by atoms with E-state index in [4.69, 9.17) is 5.73 Å². The Labute approximate surface area is 105 Å². The summed E-state index contributed by atoms with van der Waals surface area (Å²) in [5.74, 6) is -0.224. The van der Waals surface area contributed by atoms with Crippen molar-refractivity contribution in [2.75, 3.05) is 0 Å². The Morgan fingerprint density at radius 2 is 2.00 bits per heavy atom. The predicted molar refractivity (Wildman–Crippen MR) is 70.7 cm³/mol. The number of thiophene rings is 1. The fourth-order valence-corrected chi connectivity index (χ4v) is 2.81. The lowest BCUT2D eigenvalue weighted by Gasteiger charge is -2.10. The van der Waals surface area contributed by atoms with Gasteiger partial charge < -0.3 is 5.73 Å². The molecule has 0 bridgehead atoms. The molecule has 0 saturated carbocycles. The lowest BCUT2D eigenvalue weighted by atomic mass is 10.0. The van der Waals surface area contributed by atoms with Crippen molar-refractivity contribution >= 4 is 11.3 Å². The van der Waals surface area contributed by atoms with Gasteiger partial charge in [-0.3, -0.25) is 0 Å². The molecule has 1 aromatic heterocycles. The van der Waals surface area contributed by atoms with Crippen molar-refractivity contribution in [2.24, 2.45) is 5.73 Å². The van der Waals surface area contributed by atoms with Gasteiger partial charge in [-0.15, -0.1) is 11.3 Å². The molecule has 1 atom stereocenters. The van der Waals surface area contributed by atoms with Gasteiger partial charge in [-0.1, -0.05) is 19.1 Å². The van der Waals surface area contributed by atoms with Crippen LogP contribution in [0.25, 0.3) is 0 Å². The van der Waals surface area contributed by atoms with Gasteiger partial charge in [0.2, 0.25) is 0 Å². The monoisotopic (exact) mass is 249 g/mol. The first-order chi connectivity index (χ1) is 8.19. The summed E-state index contributed by atoms with van der Waals surface area (Å²) in [6, 6.07) is 10.7. The third-order valence-electron chi connectivity index (χ3n) is 2.76. The molecule has 0 aliphatic rings. The molecule has 2 aromatic rings. The summed E-state index contributed by atoms with van der Waals surface area (Å²) < 4.78 is 13.1. The zero-order chi connectivity index (χ0) is 12.3. The first kappa shape index (κ1) is 12.3. The van der Waals surface area contributed by atoms with Gasteiger partial charge >= 0.3 is 0 Å². The minimum absolute atomic E-state index is 0.131. The Morgan fingerprint density at radius 1 is 1.24 bits per heavy atom. The van der Waals surface area contributed by atoms with E-state index in [1.54, 1.807) is 17.4 Å². The van der Waals surface area contributed by atoms with E-state index in [1.807, 2.05) is 6.07 Å². The smallest absolute Gasteiger partial charge is 0.123 e. The highest BCUT2D eigenvalue weighted by atomic mass is 32.1. The van der Waals surface area contributed by atoms with Gasteiger partial charge in [0.25, 0.3) is 0 Å².